The molecule has 2 atom stereocenters. The first-order chi connectivity index (χ1) is 15.3. The van der Waals surface area contributed by atoms with Crippen LogP contribution in [0.15, 0.2) is 65.9 Å². The second-order valence-corrected chi connectivity index (χ2v) is 8.46. The van der Waals surface area contributed by atoms with E-state index in [9.17, 15) is 9.18 Å². The van der Waals surface area contributed by atoms with Crippen LogP contribution in [0.5, 0.6) is 0 Å². The summed E-state index contributed by atoms with van der Waals surface area (Å²) in [5, 5.41) is 7.24. The SMILES string of the molecule is Cc1ccc(-c2cc(C(=O)NC(C)C)cc(C3=NO[C@H](c4ccccn4)[C@H]3C)c2)c(F)c1. The highest BCUT2D eigenvalue weighted by molar-refractivity contribution is 6.06. The first-order valence-corrected chi connectivity index (χ1v) is 10.7. The monoisotopic (exact) mass is 431 g/mol. The Bertz CT molecular complexity index is 1170. The number of carbonyl (C=O) groups is 1. The molecule has 1 amide bonds. The summed E-state index contributed by atoms with van der Waals surface area (Å²) in [4.78, 5) is 22.9. The van der Waals surface area contributed by atoms with Crippen molar-refractivity contribution in [1.82, 2.24) is 10.3 Å². The first-order valence-electron chi connectivity index (χ1n) is 10.7. The van der Waals surface area contributed by atoms with Gasteiger partial charge in [0.2, 0.25) is 0 Å². The lowest BCUT2D eigenvalue weighted by Crippen LogP contribution is -2.30. The van der Waals surface area contributed by atoms with E-state index in [1.165, 1.54) is 6.07 Å². The number of pyridine rings is 1. The minimum absolute atomic E-state index is 0.0228. The average molecular weight is 432 g/mol. The van der Waals surface area contributed by atoms with Crippen LogP contribution in [0.1, 0.15) is 54.1 Å². The van der Waals surface area contributed by atoms with E-state index in [0.29, 0.717) is 22.4 Å². The maximum Gasteiger partial charge on any atom is 0.251 e. The molecule has 164 valence electrons. The molecule has 4 rings (SSSR count). The van der Waals surface area contributed by atoms with Crippen molar-refractivity contribution in [2.24, 2.45) is 11.1 Å². The summed E-state index contributed by atoms with van der Waals surface area (Å²) < 4.78 is 14.8. The number of nitrogens with one attached hydrogen (secondary N) is 1. The van der Waals surface area contributed by atoms with Crippen molar-refractivity contribution in [1.29, 1.82) is 0 Å². The van der Waals surface area contributed by atoms with Crippen molar-refractivity contribution in [2.45, 2.75) is 39.8 Å². The highest BCUT2D eigenvalue weighted by atomic mass is 19.1. The molecule has 2 aromatic carbocycles. The first kappa shape index (κ1) is 21.7. The van der Waals surface area contributed by atoms with Gasteiger partial charge < -0.3 is 10.2 Å². The van der Waals surface area contributed by atoms with Gasteiger partial charge in [-0.1, -0.05) is 30.3 Å². The molecule has 0 radical (unpaired) electrons. The molecule has 32 heavy (non-hydrogen) atoms. The molecule has 0 fully saturated rings. The van der Waals surface area contributed by atoms with Gasteiger partial charge >= 0.3 is 0 Å². The largest absolute Gasteiger partial charge is 0.385 e. The van der Waals surface area contributed by atoms with E-state index >= 15 is 0 Å². The summed E-state index contributed by atoms with van der Waals surface area (Å²) in [5.41, 5.74) is 4.55. The summed E-state index contributed by atoms with van der Waals surface area (Å²) in [6.07, 6.45) is 1.40. The third-order valence-electron chi connectivity index (χ3n) is 5.48. The number of amides is 1. The standard InChI is InChI=1S/C26H26FN3O2/c1-15(2)29-26(31)20-13-18(21-9-8-16(3)11-22(21)27)12-19(14-20)24-17(4)25(32-30-24)23-7-5-6-10-28-23/h5-15,17,25H,1-4H3,(H,29,31)/t17-,25-/m0/s1. The number of aryl methyl sites for hydroxylation is 1. The Hall–Kier alpha value is -3.54. The van der Waals surface area contributed by atoms with E-state index in [1.54, 1.807) is 24.4 Å². The van der Waals surface area contributed by atoms with Crippen LogP contribution in [-0.4, -0.2) is 22.6 Å². The zero-order chi connectivity index (χ0) is 22.8. The van der Waals surface area contributed by atoms with Crippen molar-refractivity contribution in [2.75, 3.05) is 0 Å². The fourth-order valence-electron chi connectivity index (χ4n) is 3.86. The zero-order valence-corrected chi connectivity index (χ0v) is 18.6. The maximum absolute atomic E-state index is 14.8. The summed E-state index contributed by atoms with van der Waals surface area (Å²) in [7, 11) is 0. The lowest BCUT2D eigenvalue weighted by molar-refractivity contribution is 0.0621. The molecule has 0 unspecified atom stereocenters. The topological polar surface area (TPSA) is 63.6 Å². The summed E-state index contributed by atoms with van der Waals surface area (Å²) in [6.45, 7) is 7.65. The van der Waals surface area contributed by atoms with E-state index in [0.717, 1.165) is 16.8 Å². The van der Waals surface area contributed by atoms with Crippen LogP contribution in [0.3, 0.4) is 0 Å². The van der Waals surface area contributed by atoms with Gasteiger partial charge in [0.05, 0.1) is 11.4 Å². The Morgan fingerprint density at radius 3 is 2.56 bits per heavy atom. The highest BCUT2D eigenvalue weighted by Crippen LogP contribution is 2.35. The molecular formula is C26H26FN3O2. The van der Waals surface area contributed by atoms with E-state index in [2.05, 4.69) is 15.5 Å². The van der Waals surface area contributed by atoms with E-state index in [1.807, 2.05) is 58.0 Å². The van der Waals surface area contributed by atoms with Crippen LogP contribution in [-0.2, 0) is 4.84 Å². The number of rotatable bonds is 5. The van der Waals surface area contributed by atoms with Crippen molar-refractivity contribution in [3.8, 4) is 11.1 Å². The number of nitrogens with zero attached hydrogens (tertiary/aromatic N) is 2. The molecule has 0 saturated carbocycles. The summed E-state index contributed by atoms with van der Waals surface area (Å²) >= 11 is 0. The number of hydrogen-bond donors (Lipinski definition) is 1. The molecule has 1 aliphatic rings. The Balaban J connectivity index is 1.77. The van der Waals surface area contributed by atoms with Gasteiger partial charge in [-0.15, -0.1) is 0 Å². The molecule has 1 N–H and O–H groups in total. The number of hydrogen-bond acceptors (Lipinski definition) is 4. The van der Waals surface area contributed by atoms with Gasteiger partial charge in [0.1, 0.15) is 5.82 Å². The number of halogens is 1. The third kappa shape index (κ3) is 4.40. The number of benzene rings is 2. The molecule has 0 saturated heterocycles. The predicted molar refractivity (Wildman–Crippen MR) is 123 cm³/mol. The predicted octanol–water partition coefficient (Wildman–Crippen LogP) is 5.45. The van der Waals surface area contributed by atoms with Crippen LogP contribution in [0.2, 0.25) is 0 Å². The average Bonchev–Trinajstić information content (AvgIpc) is 3.15. The third-order valence-corrected chi connectivity index (χ3v) is 5.48. The number of oxime groups is 1. The zero-order valence-electron chi connectivity index (χ0n) is 18.6. The lowest BCUT2D eigenvalue weighted by atomic mass is 9.89. The molecule has 6 heteroatoms. The van der Waals surface area contributed by atoms with Gasteiger partial charge in [-0.05, 0) is 68.3 Å². The Kier molecular flexibility index (Phi) is 6.04. The fraction of sp³-hybridized carbons (Fsp3) is 0.269. The second-order valence-electron chi connectivity index (χ2n) is 8.46. The Labute approximate surface area is 187 Å². The van der Waals surface area contributed by atoms with Gasteiger partial charge in [-0.3, -0.25) is 9.78 Å². The van der Waals surface area contributed by atoms with Gasteiger partial charge in [0.15, 0.2) is 6.10 Å². The molecule has 5 nitrogen and oxygen atoms in total. The second kappa shape index (κ2) is 8.91. The minimum Gasteiger partial charge on any atom is -0.385 e. The van der Waals surface area contributed by atoms with Gasteiger partial charge in [0.25, 0.3) is 5.91 Å². The smallest absolute Gasteiger partial charge is 0.251 e. The normalized spacial score (nSPS) is 17.8. The Morgan fingerprint density at radius 2 is 1.88 bits per heavy atom. The van der Waals surface area contributed by atoms with Crippen LogP contribution in [0.25, 0.3) is 11.1 Å². The van der Waals surface area contributed by atoms with Crippen molar-refractivity contribution >= 4 is 11.6 Å². The fourth-order valence-corrected chi connectivity index (χ4v) is 3.86. The molecular weight excluding hydrogens is 405 g/mol. The van der Waals surface area contributed by atoms with Crippen LogP contribution < -0.4 is 5.32 Å². The summed E-state index contributed by atoms with van der Waals surface area (Å²) in [6, 6.07) is 16.1. The Morgan fingerprint density at radius 1 is 1.09 bits per heavy atom. The molecule has 2 heterocycles. The maximum atomic E-state index is 14.8. The minimum atomic E-state index is -0.332. The van der Waals surface area contributed by atoms with Gasteiger partial charge in [0, 0.05) is 34.8 Å². The molecule has 0 aliphatic carbocycles. The lowest BCUT2D eigenvalue weighted by Gasteiger charge is -2.16. The quantitative estimate of drug-likeness (QED) is 0.585. The molecule has 1 aromatic heterocycles. The molecule has 3 aromatic rings. The van der Waals surface area contributed by atoms with E-state index in [-0.39, 0.29) is 29.8 Å². The van der Waals surface area contributed by atoms with Crippen LogP contribution in [0, 0.1) is 18.7 Å². The van der Waals surface area contributed by atoms with Crippen molar-refractivity contribution in [3.63, 3.8) is 0 Å². The van der Waals surface area contributed by atoms with Gasteiger partial charge in [-0.25, -0.2) is 4.39 Å². The summed E-state index contributed by atoms with van der Waals surface area (Å²) in [5.74, 6) is -0.644. The highest BCUT2D eigenvalue weighted by Gasteiger charge is 2.34. The van der Waals surface area contributed by atoms with Crippen molar-refractivity contribution in [3.05, 3.63) is 89.0 Å². The van der Waals surface area contributed by atoms with Crippen molar-refractivity contribution < 1.29 is 14.0 Å². The molecule has 1 aliphatic heterocycles. The molecule has 0 bridgehead atoms. The van der Waals surface area contributed by atoms with Crippen LogP contribution in [0.4, 0.5) is 4.39 Å². The molecule has 0 spiro atoms. The number of carbonyl (C=O) groups excluding carboxylic acids is 1. The van der Waals surface area contributed by atoms with Gasteiger partial charge in [-0.2, -0.15) is 0 Å². The number of aromatic nitrogens is 1. The van der Waals surface area contributed by atoms with E-state index < -0.39 is 0 Å². The van der Waals surface area contributed by atoms with E-state index in [4.69, 9.17) is 4.84 Å². The van der Waals surface area contributed by atoms with Crippen LogP contribution >= 0.6 is 0 Å².